The van der Waals surface area contributed by atoms with Crippen LogP contribution in [-0.4, -0.2) is 88.9 Å². The molecule has 0 aliphatic carbocycles. The monoisotopic (exact) mass is 856 g/mol. The van der Waals surface area contributed by atoms with Crippen molar-refractivity contribution in [1.82, 2.24) is 0 Å². The molecule has 312 valence electrons. The van der Waals surface area contributed by atoms with E-state index in [1.807, 2.05) is 41.5 Å². The van der Waals surface area contributed by atoms with Crippen LogP contribution in [0.2, 0.25) is 58.9 Å². The largest absolute Gasteiger partial charge is 0.412 e. The van der Waals surface area contributed by atoms with Crippen LogP contribution in [0.1, 0.15) is 103 Å². The number of aliphatic hydroxyl groups is 1. The van der Waals surface area contributed by atoms with Crippen molar-refractivity contribution < 1.29 is 37.5 Å². The second-order valence-electron chi connectivity index (χ2n) is 18.0. The Kier molecular flexibility index (Phi) is 29.8. The minimum atomic E-state index is -1.55. The molecule has 1 rings (SSSR count). The molecule has 0 aromatic rings. The van der Waals surface area contributed by atoms with Gasteiger partial charge in [-0.15, -0.1) is 0 Å². The summed E-state index contributed by atoms with van der Waals surface area (Å²) in [7, 11) is -4.33. The van der Waals surface area contributed by atoms with Crippen LogP contribution in [0.25, 0.3) is 0 Å². The summed E-state index contributed by atoms with van der Waals surface area (Å²) in [5, 5.41) is 8.64. The average Bonchev–Trinajstić information content (AvgIpc) is 3.75. The van der Waals surface area contributed by atoms with E-state index in [0.717, 1.165) is 13.0 Å². The minimum Gasteiger partial charge on any atom is -0.412 e. The molecular formula is C40H85BrO8Si3. The maximum absolute atomic E-state index is 11.4. The number of ether oxygens (including phenoxy) is 1. The van der Waals surface area contributed by atoms with Gasteiger partial charge in [0.25, 0.3) is 0 Å². The highest BCUT2D eigenvalue weighted by atomic mass is 79.9. The molecule has 0 aromatic heterocycles. The Balaban J connectivity index is -0.000000280. The Labute approximate surface area is 333 Å². The van der Waals surface area contributed by atoms with Crippen molar-refractivity contribution in [1.29, 1.82) is 0 Å². The molecule has 6 atom stereocenters. The number of ketones is 3. The highest BCUT2D eigenvalue weighted by Crippen LogP contribution is 2.37. The number of alkyl halides is 1. The van der Waals surface area contributed by atoms with E-state index in [-0.39, 0.29) is 63.8 Å². The van der Waals surface area contributed by atoms with Crippen molar-refractivity contribution in [2.45, 2.75) is 197 Å². The molecule has 0 amide bonds. The third-order valence-corrected chi connectivity index (χ3v) is 11.3. The third-order valence-electron chi connectivity index (χ3n) is 7.62. The van der Waals surface area contributed by atoms with E-state index in [4.69, 9.17) is 23.1 Å². The van der Waals surface area contributed by atoms with Gasteiger partial charge in [-0.25, -0.2) is 0 Å². The zero-order chi connectivity index (χ0) is 42.7. The first-order valence-corrected chi connectivity index (χ1v) is 30.4. The number of hydrogen-bond acceptors (Lipinski definition) is 8. The maximum Gasteiger partial charge on any atom is 0.184 e. The minimum absolute atomic E-state index is 0.0162. The fourth-order valence-corrected chi connectivity index (χ4v) is 8.72. The molecule has 0 spiro atoms. The van der Waals surface area contributed by atoms with Gasteiger partial charge in [0.1, 0.15) is 23.6 Å². The van der Waals surface area contributed by atoms with Crippen molar-refractivity contribution in [3.63, 3.8) is 0 Å². The van der Waals surface area contributed by atoms with E-state index in [9.17, 15) is 14.4 Å². The van der Waals surface area contributed by atoms with E-state index in [1.165, 1.54) is 12.5 Å². The summed E-state index contributed by atoms with van der Waals surface area (Å²) < 4.78 is 23.0. The molecule has 1 aliphatic rings. The molecule has 1 heterocycles. The van der Waals surface area contributed by atoms with Crippen LogP contribution < -0.4 is 0 Å². The molecule has 52 heavy (non-hydrogen) atoms. The molecule has 1 fully saturated rings. The molecule has 0 aromatic carbocycles. The van der Waals surface area contributed by atoms with Crippen molar-refractivity contribution in [3.05, 3.63) is 12.2 Å². The highest BCUT2D eigenvalue weighted by molar-refractivity contribution is 9.10. The van der Waals surface area contributed by atoms with Crippen LogP contribution >= 0.6 is 15.9 Å². The number of Topliss-reactive ketones (excluding diaryl/α,β-unsaturated/α-hetero) is 3. The first-order valence-electron chi connectivity index (χ1n) is 19.3. The number of carbonyl (C=O) groups is 3. The van der Waals surface area contributed by atoms with Crippen LogP contribution in [0, 0.1) is 23.7 Å². The standard InChI is InChI=1S/C10H22OSi.2C9H20O2Si.C6H11BrO.C6H12O2/c1-8(2)9(3)10(4)11-12(5,6)7;1-6-9(7-10-9)8(2)11-12(3,4)5;1-7(2)9(10)8(3)11-12(4,5)6;2*1-4(2)6(8)5(3)7/h8,10H,3H2,1-2,4-7H3;8H,6-7H2,1-5H3;7-8H,1-6H3;4-5H,1-3H3;4-5,7H,1-3H3. The van der Waals surface area contributed by atoms with E-state index < -0.39 is 31.1 Å². The van der Waals surface area contributed by atoms with Crippen LogP contribution in [0.4, 0.5) is 0 Å². The quantitative estimate of drug-likeness (QED) is 0.0707. The summed E-state index contributed by atoms with van der Waals surface area (Å²) in [6, 6.07) is 0. The Morgan fingerprint density at radius 2 is 0.962 bits per heavy atom. The van der Waals surface area contributed by atoms with Gasteiger partial charge in [0.15, 0.2) is 36.5 Å². The Morgan fingerprint density at radius 3 is 1.13 bits per heavy atom. The summed E-state index contributed by atoms with van der Waals surface area (Å²) in [5.74, 6) is 1.10. The lowest BCUT2D eigenvalue weighted by atomic mass is 10.0. The van der Waals surface area contributed by atoms with Crippen molar-refractivity contribution in [2.24, 2.45) is 23.7 Å². The number of carbonyl (C=O) groups excluding carboxylic acids is 3. The zero-order valence-corrected chi connectivity index (χ0v) is 42.6. The van der Waals surface area contributed by atoms with Gasteiger partial charge >= 0.3 is 0 Å². The number of rotatable bonds is 16. The van der Waals surface area contributed by atoms with Gasteiger partial charge in [0.2, 0.25) is 0 Å². The van der Waals surface area contributed by atoms with Crippen LogP contribution in [-0.2, 0) is 32.4 Å². The van der Waals surface area contributed by atoms with Crippen LogP contribution in [0.5, 0.6) is 0 Å². The second-order valence-corrected chi connectivity index (χ2v) is 32.8. The van der Waals surface area contributed by atoms with Gasteiger partial charge in [-0.1, -0.05) is 84.8 Å². The fourth-order valence-electron chi connectivity index (χ4n) is 4.53. The molecule has 8 nitrogen and oxygen atoms in total. The smallest absolute Gasteiger partial charge is 0.184 e. The molecule has 1 N–H and O–H groups in total. The average molecular weight is 858 g/mol. The molecule has 0 radical (unpaired) electrons. The first-order chi connectivity index (χ1) is 23.0. The normalized spacial score (nSPS) is 18.6. The molecular weight excluding hydrogens is 773 g/mol. The SMILES string of the molecule is C=C(C(C)C)C(C)O[Si](C)(C)C.CC(C)C(=O)C(C)Br.CC(C)C(=O)C(C)O.CC(C)C(=O)C(C)O[Si](C)(C)C.CCC1(C(C)O[Si](C)(C)C)CO1. The van der Waals surface area contributed by atoms with Gasteiger partial charge in [-0.3, -0.25) is 14.4 Å². The van der Waals surface area contributed by atoms with Crippen molar-refractivity contribution in [2.75, 3.05) is 6.61 Å². The molecule has 12 heteroatoms. The topological polar surface area (TPSA) is 112 Å². The molecule has 0 bridgehead atoms. The zero-order valence-electron chi connectivity index (χ0n) is 38.0. The van der Waals surface area contributed by atoms with Crippen molar-refractivity contribution >= 4 is 58.2 Å². The van der Waals surface area contributed by atoms with Crippen LogP contribution in [0.3, 0.4) is 0 Å². The molecule has 1 aliphatic heterocycles. The van der Waals surface area contributed by atoms with Gasteiger partial charge < -0.3 is 23.1 Å². The third kappa shape index (κ3) is 32.0. The van der Waals surface area contributed by atoms with E-state index in [1.54, 1.807) is 13.8 Å². The van der Waals surface area contributed by atoms with Gasteiger partial charge in [-0.05, 0) is 111 Å². The lowest BCUT2D eigenvalue weighted by molar-refractivity contribution is -0.129. The summed E-state index contributed by atoms with van der Waals surface area (Å²) >= 11 is 3.19. The predicted octanol–water partition coefficient (Wildman–Crippen LogP) is 10.9. The van der Waals surface area contributed by atoms with E-state index >= 15 is 0 Å². The molecule has 1 saturated heterocycles. The van der Waals surface area contributed by atoms with Gasteiger partial charge in [0, 0.05) is 17.8 Å². The Hall–Kier alpha value is -0.319. The lowest BCUT2D eigenvalue weighted by Crippen LogP contribution is -2.38. The molecule has 6 unspecified atom stereocenters. The van der Waals surface area contributed by atoms with Gasteiger partial charge in [-0.2, -0.15) is 0 Å². The summed E-state index contributed by atoms with van der Waals surface area (Å²) in [6.45, 7) is 51.5. The second kappa shape index (κ2) is 26.5. The summed E-state index contributed by atoms with van der Waals surface area (Å²) in [4.78, 5) is 32.8. The number of aliphatic hydroxyl groups excluding tert-OH is 1. The maximum atomic E-state index is 11.4. The Morgan fingerprint density at radius 1 is 0.635 bits per heavy atom. The molecule has 0 saturated carbocycles. The Bertz CT molecular complexity index is 937. The fraction of sp³-hybridized carbons (Fsp3) is 0.875. The number of halogens is 1. The predicted molar refractivity (Wildman–Crippen MR) is 234 cm³/mol. The number of hydrogen-bond donors (Lipinski definition) is 1. The van der Waals surface area contributed by atoms with E-state index in [0.29, 0.717) is 5.92 Å². The van der Waals surface area contributed by atoms with Crippen LogP contribution in [0.15, 0.2) is 12.2 Å². The lowest BCUT2D eigenvalue weighted by Gasteiger charge is -2.27. The summed E-state index contributed by atoms with van der Waals surface area (Å²) in [6.07, 6.45) is 0.538. The first kappa shape index (κ1) is 58.4. The number of epoxide rings is 1. The van der Waals surface area contributed by atoms with Crippen molar-refractivity contribution in [3.8, 4) is 0 Å². The van der Waals surface area contributed by atoms with E-state index in [2.05, 4.69) is 116 Å². The highest BCUT2D eigenvalue weighted by Gasteiger charge is 2.49. The van der Waals surface area contributed by atoms with Gasteiger partial charge in [0.05, 0.1) is 23.6 Å². The summed E-state index contributed by atoms with van der Waals surface area (Å²) in [5.41, 5.74) is 1.28.